The Kier molecular flexibility index (Phi) is 6.88. The number of nitrogens with one attached hydrogen (secondary N) is 1. The van der Waals surface area contributed by atoms with E-state index < -0.39 is 47.4 Å². The molecule has 6 nitrogen and oxygen atoms in total. The smallest absolute Gasteiger partial charge is 0.491 e. The van der Waals surface area contributed by atoms with Crippen LogP contribution in [0.25, 0.3) is 6.08 Å². The molecule has 1 N–H and O–H groups in total. The van der Waals surface area contributed by atoms with Gasteiger partial charge in [0.15, 0.2) is 17.4 Å². The number of halogens is 2. The Morgan fingerprint density at radius 3 is 2.07 bits per heavy atom. The van der Waals surface area contributed by atoms with Crippen LogP contribution in [0.1, 0.15) is 54.0 Å². The Morgan fingerprint density at radius 2 is 1.63 bits per heavy atom. The molecule has 1 fully saturated rings. The van der Waals surface area contributed by atoms with Gasteiger partial charge in [0.1, 0.15) is 5.60 Å². The normalized spacial score (nSPS) is 18.3. The summed E-state index contributed by atoms with van der Waals surface area (Å²) in [6.45, 7) is 12.8. The van der Waals surface area contributed by atoms with Crippen molar-refractivity contribution in [3.05, 3.63) is 34.8 Å². The van der Waals surface area contributed by atoms with Gasteiger partial charge in [0.25, 0.3) is 0 Å². The second kappa shape index (κ2) is 8.55. The molecule has 0 unspecified atom stereocenters. The zero-order valence-corrected chi connectivity index (χ0v) is 18.8. The van der Waals surface area contributed by atoms with E-state index in [2.05, 4.69) is 5.32 Å². The number of hydrogen-bond acceptors (Lipinski definition) is 5. The van der Waals surface area contributed by atoms with Crippen LogP contribution >= 0.6 is 0 Å². The van der Waals surface area contributed by atoms with Gasteiger partial charge >= 0.3 is 13.2 Å². The third-order valence-electron chi connectivity index (χ3n) is 4.97. The van der Waals surface area contributed by atoms with Crippen molar-refractivity contribution in [2.45, 2.75) is 65.3 Å². The van der Waals surface area contributed by atoms with Gasteiger partial charge in [0.2, 0.25) is 0 Å². The third kappa shape index (κ3) is 5.73. The average molecular weight is 425 g/mol. The largest absolute Gasteiger partial charge is 0.492 e. The number of methoxy groups -OCH3 is 1. The minimum absolute atomic E-state index is 0.000999. The molecule has 2 rings (SSSR count). The van der Waals surface area contributed by atoms with Gasteiger partial charge in [0, 0.05) is 6.54 Å². The molecule has 1 aliphatic rings. The molecular formula is C21H30BF2NO5. The first-order chi connectivity index (χ1) is 13.6. The standard InChI is InChI=1S/C21H30BF2NO5/c1-19(2,3)28-18(26)25-12-14(22-29-20(4,5)21(6,7)30-22)9-13-10-15(23)17(27-8)16(24)11-13/h9-11H,12H2,1-8H3,(H,25,26). The van der Waals surface area contributed by atoms with Gasteiger partial charge in [-0.2, -0.15) is 0 Å². The van der Waals surface area contributed by atoms with Crippen molar-refractivity contribution in [3.8, 4) is 5.75 Å². The lowest BCUT2D eigenvalue weighted by atomic mass is 9.77. The molecule has 0 atom stereocenters. The molecule has 1 aromatic rings. The lowest BCUT2D eigenvalue weighted by Gasteiger charge is -2.32. The van der Waals surface area contributed by atoms with Gasteiger partial charge in [-0.05, 0) is 71.6 Å². The van der Waals surface area contributed by atoms with Crippen molar-refractivity contribution in [2.75, 3.05) is 13.7 Å². The van der Waals surface area contributed by atoms with E-state index in [4.69, 9.17) is 18.8 Å². The zero-order valence-electron chi connectivity index (χ0n) is 18.8. The molecule has 1 saturated heterocycles. The lowest BCUT2D eigenvalue weighted by molar-refractivity contribution is 0.00578. The van der Waals surface area contributed by atoms with E-state index in [0.717, 1.165) is 12.1 Å². The first-order valence-electron chi connectivity index (χ1n) is 9.71. The minimum Gasteiger partial charge on any atom is -0.491 e. The molecule has 0 bridgehead atoms. The summed E-state index contributed by atoms with van der Waals surface area (Å²) in [4.78, 5) is 12.1. The monoisotopic (exact) mass is 425 g/mol. The fraction of sp³-hybridized carbons (Fsp3) is 0.571. The maximum atomic E-state index is 14.1. The fourth-order valence-corrected chi connectivity index (χ4v) is 2.76. The van der Waals surface area contributed by atoms with E-state index in [0.29, 0.717) is 5.47 Å². The molecule has 30 heavy (non-hydrogen) atoms. The summed E-state index contributed by atoms with van der Waals surface area (Å²) in [5.74, 6) is -2.13. The third-order valence-corrected chi connectivity index (χ3v) is 4.97. The Labute approximate surface area is 177 Å². The van der Waals surface area contributed by atoms with Gasteiger partial charge in [-0.3, -0.25) is 0 Å². The van der Waals surface area contributed by atoms with Crippen LogP contribution in [0.5, 0.6) is 5.75 Å². The zero-order chi connectivity index (χ0) is 22.9. The number of benzene rings is 1. The molecule has 9 heteroatoms. The van der Waals surface area contributed by atoms with Crippen LogP contribution in [-0.4, -0.2) is 43.7 Å². The van der Waals surface area contributed by atoms with Crippen molar-refractivity contribution in [3.63, 3.8) is 0 Å². The lowest BCUT2D eigenvalue weighted by Crippen LogP contribution is -2.41. The summed E-state index contributed by atoms with van der Waals surface area (Å²) in [5.41, 5.74) is -1.21. The van der Waals surface area contributed by atoms with Gasteiger partial charge in [-0.1, -0.05) is 6.08 Å². The SMILES string of the molecule is COc1c(F)cc(C=C(CNC(=O)OC(C)(C)C)B2OC(C)(C)C(C)(C)O2)cc1F. The molecule has 1 aliphatic heterocycles. The van der Waals surface area contributed by atoms with Crippen LogP contribution in [0.4, 0.5) is 13.6 Å². The second-order valence-corrected chi connectivity index (χ2v) is 9.18. The number of alkyl carbamates (subject to hydrolysis) is 1. The molecule has 0 aromatic heterocycles. The van der Waals surface area contributed by atoms with Crippen molar-refractivity contribution in [1.29, 1.82) is 0 Å². The molecule has 1 aromatic carbocycles. The van der Waals surface area contributed by atoms with Crippen LogP contribution in [-0.2, 0) is 14.0 Å². The van der Waals surface area contributed by atoms with Gasteiger partial charge in [-0.15, -0.1) is 0 Å². The first kappa shape index (κ1) is 24.1. The molecule has 1 amide bonds. The summed E-state index contributed by atoms with van der Waals surface area (Å²) in [6, 6.07) is 2.28. The van der Waals surface area contributed by atoms with E-state index >= 15 is 0 Å². The number of rotatable bonds is 5. The topological polar surface area (TPSA) is 66.0 Å². The number of carbonyl (C=O) groups is 1. The van der Waals surface area contributed by atoms with Gasteiger partial charge in [-0.25, -0.2) is 13.6 Å². The van der Waals surface area contributed by atoms with Crippen molar-refractivity contribution in [1.82, 2.24) is 5.32 Å². The second-order valence-electron chi connectivity index (χ2n) is 9.18. The summed E-state index contributed by atoms with van der Waals surface area (Å²) in [7, 11) is 0.371. The molecule has 0 saturated carbocycles. The number of carbonyl (C=O) groups excluding carboxylic acids is 1. The van der Waals surface area contributed by atoms with E-state index in [1.54, 1.807) is 20.8 Å². The van der Waals surface area contributed by atoms with Crippen molar-refractivity contribution < 1.29 is 32.4 Å². The molecule has 166 valence electrons. The predicted octanol–water partition coefficient (Wildman–Crippen LogP) is 4.51. The van der Waals surface area contributed by atoms with E-state index in [-0.39, 0.29) is 12.1 Å². The highest BCUT2D eigenvalue weighted by molar-refractivity contribution is 6.56. The number of hydrogen-bond donors (Lipinski definition) is 1. The summed E-state index contributed by atoms with van der Waals surface area (Å²) in [6.07, 6.45) is 0.891. The summed E-state index contributed by atoms with van der Waals surface area (Å²) >= 11 is 0. The van der Waals surface area contributed by atoms with Gasteiger partial charge < -0.3 is 24.1 Å². The first-order valence-corrected chi connectivity index (χ1v) is 9.71. The molecule has 1 heterocycles. The fourth-order valence-electron chi connectivity index (χ4n) is 2.76. The highest BCUT2D eigenvalue weighted by Crippen LogP contribution is 2.39. The van der Waals surface area contributed by atoms with Crippen LogP contribution in [0, 0.1) is 11.6 Å². The molecule has 0 radical (unpaired) electrons. The van der Waals surface area contributed by atoms with Gasteiger partial charge in [0.05, 0.1) is 18.3 Å². The summed E-state index contributed by atoms with van der Waals surface area (Å²) < 4.78 is 50.3. The van der Waals surface area contributed by atoms with Crippen LogP contribution < -0.4 is 10.1 Å². The molecule has 0 aliphatic carbocycles. The minimum atomic E-state index is -0.836. The van der Waals surface area contributed by atoms with E-state index in [9.17, 15) is 13.6 Å². The highest BCUT2D eigenvalue weighted by Gasteiger charge is 2.52. The Bertz CT molecular complexity index is 794. The van der Waals surface area contributed by atoms with Crippen LogP contribution in [0.15, 0.2) is 17.6 Å². The van der Waals surface area contributed by atoms with E-state index in [1.165, 1.54) is 13.2 Å². The summed E-state index contributed by atoms with van der Waals surface area (Å²) in [5, 5.41) is 2.64. The molecule has 0 spiro atoms. The van der Waals surface area contributed by atoms with Crippen molar-refractivity contribution >= 4 is 19.3 Å². The maximum Gasteiger partial charge on any atom is 0.492 e. The van der Waals surface area contributed by atoms with Crippen molar-refractivity contribution in [2.24, 2.45) is 0 Å². The quantitative estimate of drug-likeness (QED) is 0.704. The molecular weight excluding hydrogens is 395 g/mol. The van der Waals surface area contributed by atoms with E-state index in [1.807, 2.05) is 27.7 Å². The highest BCUT2D eigenvalue weighted by atomic mass is 19.1. The number of amides is 1. The van der Waals surface area contributed by atoms with Crippen LogP contribution in [0.2, 0.25) is 0 Å². The number of ether oxygens (including phenoxy) is 2. The predicted molar refractivity (Wildman–Crippen MR) is 111 cm³/mol. The average Bonchev–Trinajstić information content (AvgIpc) is 2.77. The Morgan fingerprint density at radius 1 is 1.13 bits per heavy atom. The Balaban J connectivity index is 2.34. The maximum absolute atomic E-state index is 14.1. The van der Waals surface area contributed by atoms with Crippen LogP contribution in [0.3, 0.4) is 0 Å². The Hall–Kier alpha value is -2.13.